The van der Waals surface area contributed by atoms with Gasteiger partial charge >= 0.3 is 0 Å². The van der Waals surface area contributed by atoms with Gasteiger partial charge in [-0.2, -0.15) is 0 Å². The summed E-state index contributed by atoms with van der Waals surface area (Å²) in [6, 6.07) is 9.80. The Kier molecular flexibility index (Phi) is 3.54. The largest absolute Gasteiger partial charge is 0.459 e. The molecule has 1 aliphatic rings. The number of likely N-dealkylation sites (tertiary alicyclic amines) is 1. The van der Waals surface area contributed by atoms with Gasteiger partial charge < -0.3 is 9.32 Å². The molecule has 1 aromatic carbocycles. The molecule has 1 atom stereocenters. The van der Waals surface area contributed by atoms with Gasteiger partial charge in [0.1, 0.15) is 5.82 Å². The van der Waals surface area contributed by atoms with Crippen molar-refractivity contribution in [2.24, 2.45) is 0 Å². The number of furan rings is 1. The maximum Gasteiger partial charge on any atom is 0.290 e. The third-order valence-electron chi connectivity index (χ3n) is 3.75. The number of benzene rings is 1. The number of carbonyl (C=O) groups is 1. The van der Waals surface area contributed by atoms with Gasteiger partial charge in [0.2, 0.25) is 0 Å². The van der Waals surface area contributed by atoms with Gasteiger partial charge in [-0.3, -0.25) is 4.79 Å². The first-order valence-electron chi connectivity index (χ1n) is 6.85. The topological polar surface area (TPSA) is 33.5 Å². The van der Waals surface area contributed by atoms with Gasteiger partial charge in [0.25, 0.3) is 5.91 Å². The number of nitrogens with zero attached hydrogens (tertiary/aromatic N) is 1. The van der Waals surface area contributed by atoms with Crippen LogP contribution in [0.15, 0.2) is 47.1 Å². The molecule has 0 saturated carbocycles. The summed E-state index contributed by atoms with van der Waals surface area (Å²) in [5, 5.41) is 0. The van der Waals surface area contributed by atoms with Crippen LogP contribution in [0.5, 0.6) is 0 Å². The van der Waals surface area contributed by atoms with E-state index in [-0.39, 0.29) is 17.8 Å². The van der Waals surface area contributed by atoms with Gasteiger partial charge in [0.15, 0.2) is 5.76 Å². The second kappa shape index (κ2) is 5.49. The number of amides is 1. The van der Waals surface area contributed by atoms with E-state index in [9.17, 15) is 9.18 Å². The molecule has 2 heterocycles. The van der Waals surface area contributed by atoms with Crippen LogP contribution in [0.25, 0.3) is 0 Å². The molecule has 0 bridgehead atoms. The first-order valence-corrected chi connectivity index (χ1v) is 6.85. The van der Waals surface area contributed by atoms with Crippen molar-refractivity contribution in [1.29, 1.82) is 0 Å². The summed E-state index contributed by atoms with van der Waals surface area (Å²) in [5.41, 5.74) is 0.978. The Hall–Kier alpha value is -2.10. The van der Waals surface area contributed by atoms with Gasteiger partial charge in [0, 0.05) is 6.54 Å². The molecule has 0 radical (unpaired) electrons. The lowest BCUT2D eigenvalue weighted by Gasteiger charge is -2.35. The van der Waals surface area contributed by atoms with Gasteiger partial charge in [-0.1, -0.05) is 12.1 Å². The molecule has 1 amide bonds. The van der Waals surface area contributed by atoms with E-state index in [2.05, 4.69) is 0 Å². The zero-order valence-corrected chi connectivity index (χ0v) is 11.1. The lowest BCUT2D eigenvalue weighted by atomic mass is 9.95. The molecule has 1 aliphatic heterocycles. The van der Waals surface area contributed by atoms with Crippen molar-refractivity contribution in [1.82, 2.24) is 4.90 Å². The fraction of sp³-hybridized carbons (Fsp3) is 0.312. The number of hydrogen-bond donors (Lipinski definition) is 0. The van der Waals surface area contributed by atoms with Gasteiger partial charge in [-0.25, -0.2) is 4.39 Å². The fourth-order valence-electron chi connectivity index (χ4n) is 2.75. The number of piperidine rings is 1. The van der Waals surface area contributed by atoms with E-state index < -0.39 is 0 Å². The molecular weight excluding hydrogens is 257 g/mol. The molecule has 3 rings (SSSR count). The van der Waals surface area contributed by atoms with Gasteiger partial charge in [-0.05, 0) is 49.1 Å². The molecule has 0 aliphatic carbocycles. The third kappa shape index (κ3) is 2.46. The highest BCUT2D eigenvalue weighted by molar-refractivity contribution is 5.91. The molecule has 0 unspecified atom stereocenters. The normalized spacial score (nSPS) is 19.1. The van der Waals surface area contributed by atoms with Gasteiger partial charge in [0.05, 0.1) is 12.3 Å². The fourth-order valence-corrected chi connectivity index (χ4v) is 2.75. The Bertz CT molecular complexity index is 577. The van der Waals surface area contributed by atoms with Crippen LogP contribution in [0.2, 0.25) is 0 Å². The molecule has 4 heteroatoms. The van der Waals surface area contributed by atoms with E-state index in [0.717, 1.165) is 24.8 Å². The molecule has 1 saturated heterocycles. The lowest BCUT2D eigenvalue weighted by Crippen LogP contribution is -2.38. The van der Waals surface area contributed by atoms with Crippen molar-refractivity contribution >= 4 is 5.91 Å². The minimum Gasteiger partial charge on any atom is -0.459 e. The van der Waals surface area contributed by atoms with Crippen LogP contribution in [0, 0.1) is 5.82 Å². The Labute approximate surface area is 117 Å². The Morgan fingerprint density at radius 2 is 2.00 bits per heavy atom. The van der Waals surface area contributed by atoms with Crippen LogP contribution < -0.4 is 0 Å². The summed E-state index contributed by atoms with van der Waals surface area (Å²) in [6.45, 7) is 0.710. The summed E-state index contributed by atoms with van der Waals surface area (Å²) in [6.07, 6.45) is 4.47. The minimum atomic E-state index is -0.256. The monoisotopic (exact) mass is 273 g/mol. The molecule has 1 fully saturated rings. The van der Waals surface area contributed by atoms with Gasteiger partial charge in [-0.15, -0.1) is 0 Å². The van der Waals surface area contributed by atoms with E-state index in [1.165, 1.54) is 18.4 Å². The molecule has 0 spiro atoms. The van der Waals surface area contributed by atoms with Crippen molar-refractivity contribution in [2.45, 2.75) is 25.3 Å². The second-order valence-electron chi connectivity index (χ2n) is 5.04. The summed E-state index contributed by atoms with van der Waals surface area (Å²) in [4.78, 5) is 14.3. The molecule has 1 aromatic heterocycles. The van der Waals surface area contributed by atoms with Crippen molar-refractivity contribution in [3.63, 3.8) is 0 Å². The van der Waals surface area contributed by atoms with Crippen LogP contribution in [0.1, 0.15) is 41.4 Å². The highest BCUT2D eigenvalue weighted by Crippen LogP contribution is 2.32. The van der Waals surface area contributed by atoms with Crippen molar-refractivity contribution in [2.75, 3.05) is 6.54 Å². The summed E-state index contributed by atoms with van der Waals surface area (Å²) in [5.74, 6) is 0.0107. The van der Waals surface area contributed by atoms with Crippen molar-refractivity contribution in [3.05, 3.63) is 59.8 Å². The average molecular weight is 273 g/mol. The molecule has 3 nitrogen and oxygen atoms in total. The highest BCUT2D eigenvalue weighted by Gasteiger charge is 2.29. The molecule has 20 heavy (non-hydrogen) atoms. The number of rotatable bonds is 2. The predicted octanol–water partition coefficient (Wildman–Crippen LogP) is 3.79. The minimum absolute atomic E-state index is 0.00181. The first kappa shape index (κ1) is 12.9. The molecule has 2 aromatic rings. The van der Waals surface area contributed by atoms with Crippen LogP contribution in [-0.2, 0) is 0 Å². The maximum absolute atomic E-state index is 13.0. The highest BCUT2D eigenvalue weighted by atomic mass is 19.1. The number of hydrogen-bond acceptors (Lipinski definition) is 2. The Morgan fingerprint density at radius 1 is 1.20 bits per heavy atom. The van der Waals surface area contributed by atoms with Crippen molar-refractivity contribution in [3.8, 4) is 0 Å². The van der Waals surface area contributed by atoms with Crippen LogP contribution in [0.3, 0.4) is 0 Å². The molecule has 0 N–H and O–H groups in total. The zero-order chi connectivity index (χ0) is 13.9. The number of halogens is 1. The van der Waals surface area contributed by atoms with Crippen LogP contribution in [0.4, 0.5) is 4.39 Å². The van der Waals surface area contributed by atoms with E-state index in [1.807, 2.05) is 4.90 Å². The third-order valence-corrected chi connectivity index (χ3v) is 3.75. The maximum atomic E-state index is 13.0. The quantitative estimate of drug-likeness (QED) is 0.834. The SMILES string of the molecule is O=C(c1ccco1)N1CCCC[C@@H]1c1ccc(F)cc1. The van der Waals surface area contributed by atoms with E-state index >= 15 is 0 Å². The average Bonchev–Trinajstić information content (AvgIpc) is 3.02. The first-order chi connectivity index (χ1) is 9.75. The summed E-state index contributed by atoms with van der Waals surface area (Å²) < 4.78 is 18.2. The van der Waals surface area contributed by atoms with E-state index in [0.29, 0.717) is 12.3 Å². The van der Waals surface area contributed by atoms with E-state index in [1.54, 1.807) is 24.3 Å². The standard InChI is InChI=1S/C16H16FNO2/c17-13-8-6-12(7-9-13)14-4-1-2-10-18(14)16(19)15-5-3-11-20-15/h3,5-9,11,14H,1-2,4,10H2/t14-/m1/s1. The number of carbonyl (C=O) groups excluding carboxylic acids is 1. The van der Waals surface area contributed by atoms with Crippen molar-refractivity contribution < 1.29 is 13.6 Å². The lowest BCUT2D eigenvalue weighted by molar-refractivity contribution is 0.0579. The second-order valence-corrected chi connectivity index (χ2v) is 5.04. The molecule has 104 valence electrons. The summed E-state index contributed by atoms with van der Waals surface area (Å²) in [7, 11) is 0. The smallest absolute Gasteiger partial charge is 0.290 e. The molecular formula is C16H16FNO2. The van der Waals surface area contributed by atoms with Crippen LogP contribution in [-0.4, -0.2) is 17.4 Å². The van der Waals surface area contributed by atoms with E-state index in [4.69, 9.17) is 4.42 Å². The Balaban J connectivity index is 1.87. The Morgan fingerprint density at radius 3 is 2.70 bits per heavy atom. The summed E-state index contributed by atoms with van der Waals surface area (Å²) >= 11 is 0. The predicted molar refractivity (Wildman–Crippen MR) is 72.7 cm³/mol. The van der Waals surface area contributed by atoms with Crippen LogP contribution >= 0.6 is 0 Å². The zero-order valence-electron chi connectivity index (χ0n) is 11.1.